The number of carbonyl (C=O) groups is 1. The van der Waals surface area contributed by atoms with Crippen molar-refractivity contribution >= 4 is 23.5 Å². The average molecular weight is 326 g/mol. The summed E-state index contributed by atoms with van der Waals surface area (Å²) in [6.45, 7) is 0.142. The van der Waals surface area contributed by atoms with Crippen molar-refractivity contribution in [3.05, 3.63) is 54.1 Å². The van der Waals surface area contributed by atoms with Crippen LogP contribution in [0.15, 0.2) is 53.6 Å². The Morgan fingerprint density at radius 2 is 1.79 bits per heavy atom. The third kappa shape index (κ3) is 5.31. The summed E-state index contributed by atoms with van der Waals surface area (Å²) in [6, 6.07) is 15.2. The van der Waals surface area contributed by atoms with Gasteiger partial charge in [0.1, 0.15) is 5.75 Å². The molecule has 1 amide bonds. The number of hydrazone groups is 1. The van der Waals surface area contributed by atoms with Crippen LogP contribution in [-0.4, -0.2) is 39.9 Å². The molecule has 0 fully saturated rings. The summed E-state index contributed by atoms with van der Waals surface area (Å²) in [4.78, 5) is 13.8. The van der Waals surface area contributed by atoms with Gasteiger partial charge in [0.15, 0.2) is 0 Å². The first-order valence-corrected chi connectivity index (χ1v) is 7.55. The van der Waals surface area contributed by atoms with Crippen LogP contribution in [0.4, 0.5) is 11.4 Å². The molecule has 0 aromatic heterocycles. The van der Waals surface area contributed by atoms with Gasteiger partial charge in [0, 0.05) is 25.5 Å². The van der Waals surface area contributed by atoms with Crippen molar-refractivity contribution in [1.82, 2.24) is 5.43 Å². The fourth-order valence-corrected chi connectivity index (χ4v) is 1.97. The fraction of sp³-hybridized carbons (Fsp3) is 0.222. The molecule has 24 heavy (non-hydrogen) atoms. The van der Waals surface area contributed by atoms with Gasteiger partial charge in [-0.05, 0) is 42.0 Å². The molecule has 126 valence electrons. The Balaban J connectivity index is 1.77. The number of carbonyl (C=O) groups excluding carboxylic acids is 1. The highest BCUT2D eigenvalue weighted by Crippen LogP contribution is 2.14. The molecule has 0 heterocycles. The molecule has 0 saturated carbocycles. The molecule has 0 unspecified atom stereocenters. The zero-order valence-electron chi connectivity index (χ0n) is 14.1. The lowest BCUT2D eigenvalue weighted by Crippen LogP contribution is -2.25. The zero-order valence-corrected chi connectivity index (χ0v) is 14.1. The van der Waals surface area contributed by atoms with Gasteiger partial charge in [-0.1, -0.05) is 12.1 Å². The zero-order chi connectivity index (χ0) is 17.4. The highest BCUT2D eigenvalue weighted by atomic mass is 16.5. The molecule has 2 N–H and O–H groups in total. The van der Waals surface area contributed by atoms with Crippen LogP contribution in [0.3, 0.4) is 0 Å². The molecule has 0 atom stereocenters. The summed E-state index contributed by atoms with van der Waals surface area (Å²) in [5.74, 6) is 0.557. The second-order valence-electron chi connectivity index (χ2n) is 5.36. The van der Waals surface area contributed by atoms with Crippen LogP contribution in [0.5, 0.6) is 5.75 Å². The van der Waals surface area contributed by atoms with Crippen molar-refractivity contribution in [2.45, 2.75) is 0 Å². The third-order valence-corrected chi connectivity index (χ3v) is 3.36. The lowest BCUT2D eigenvalue weighted by molar-refractivity contribution is -0.119. The van der Waals surface area contributed by atoms with Crippen LogP contribution in [0.1, 0.15) is 5.56 Å². The van der Waals surface area contributed by atoms with E-state index in [0.29, 0.717) is 0 Å². The molecule has 2 aromatic rings. The minimum atomic E-state index is -0.216. The van der Waals surface area contributed by atoms with Crippen LogP contribution in [-0.2, 0) is 4.79 Å². The normalized spacial score (nSPS) is 10.5. The van der Waals surface area contributed by atoms with Gasteiger partial charge in [-0.2, -0.15) is 5.10 Å². The van der Waals surface area contributed by atoms with E-state index >= 15 is 0 Å². The van der Waals surface area contributed by atoms with Gasteiger partial charge < -0.3 is 15.0 Å². The summed E-state index contributed by atoms with van der Waals surface area (Å²) in [5, 5.41) is 6.97. The Labute approximate surface area is 142 Å². The molecule has 2 rings (SSSR count). The number of hydrogen-bond donors (Lipinski definition) is 2. The van der Waals surface area contributed by atoms with Crippen LogP contribution >= 0.6 is 0 Å². The maximum Gasteiger partial charge on any atom is 0.259 e. The maximum atomic E-state index is 11.8. The van der Waals surface area contributed by atoms with Gasteiger partial charge in [-0.3, -0.25) is 4.79 Å². The number of methoxy groups -OCH3 is 1. The largest absolute Gasteiger partial charge is 0.497 e. The quantitative estimate of drug-likeness (QED) is 0.605. The van der Waals surface area contributed by atoms with Gasteiger partial charge in [0.25, 0.3) is 5.91 Å². The number of hydrogen-bond acceptors (Lipinski definition) is 5. The summed E-state index contributed by atoms with van der Waals surface area (Å²) in [5.41, 5.74) is 5.37. The summed E-state index contributed by atoms with van der Waals surface area (Å²) < 4.78 is 5.08. The molecule has 0 spiro atoms. The Kier molecular flexibility index (Phi) is 6.19. The number of nitrogens with zero attached hydrogens (tertiary/aromatic N) is 2. The maximum absolute atomic E-state index is 11.8. The predicted octanol–water partition coefficient (Wildman–Crippen LogP) is 2.32. The molecule has 0 saturated heterocycles. The third-order valence-electron chi connectivity index (χ3n) is 3.36. The van der Waals surface area contributed by atoms with E-state index < -0.39 is 0 Å². The molecular formula is C18H22N4O2. The lowest BCUT2D eigenvalue weighted by Gasteiger charge is -2.11. The monoisotopic (exact) mass is 326 g/mol. The van der Waals surface area contributed by atoms with Crippen molar-refractivity contribution in [2.75, 3.05) is 38.0 Å². The molecule has 2 aromatic carbocycles. The molecule has 0 aliphatic rings. The molecule has 0 bridgehead atoms. The van der Waals surface area contributed by atoms with Crippen molar-refractivity contribution in [3.63, 3.8) is 0 Å². The molecule has 6 nitrogen and oxygen atoms in total. The SMILES string of the molecule is COc1ccc(NCC(=O)NN=Cc2ccc(N(C)C)cc2)cc1. The molecule has 0 aliphatic carbocycles. The molecular weight excluding hydrogens is 304 g/mol. The van der Waals surface area contributed by atoms with E-state index in [1.807, 2.05) is 67.5 Å². The molecule has 6 heteroatoms. The number of anilines is 2. The summed E-state index contributed by atoms with van der Waals surface area (Å²) in [6.07, 6.45) is 1.62. The van der Waals surface area contributed by atoms with E-state index in [-0.39, 0.29) is 12.5 Å². The van der Waals surface area contributed by atoms with Crippen molar-refractivity contribution in [2.24, 2.45) is 5.10 Å². The van der Waals surface area contributed by atoms with Gasteiger partial charge in [-0.15, -0.1) is 0 Å². The van der Waals surface area contributed by atoms with E-state index in [4.69, 9.17) is 4.74 Å². The Morgan fingerprint density at radius 1 is 1.12 bits per heavy atom. The highest BCUT2D eigenvalue weighted by molar-refractivity contribution is 5.84. The van der Waals surface area contributed by atoms with E-state index in [2.05, 4.69) is 15.8 Å². The van der Waals surface area contributed by atoms with E-state index in [9.17, 15) is 4.79 Å². The van der Waals surface area contributed by atoms with Gasteiger partial charge >= 0.3 is 0 Å². The smallest absolute Gasteiger partial charge is 0.259 e. The standard InChI is InChI=1S/C18H22N4O2/c1-22(2)16-8-4-14(5-9-16)12-20-21-18(23)13-19-15-6-10-17(24-3)11-7-15/h4-12,19H,13H2,1-3H3,(H,21,23). The van der Waals surface area contributed by atoms with E-state index in [0.717, 1.165) is 22.7 Å². The molecule has 0 radical (unpaired) electrons. The number of nitrogens with one attached hydrogen (secondary N) is 2. The van der Waals surface area contributed by atoms with Crippen molar-refractivity contribution < 1.29 is 9.53 Å². The number of rotatable bonds is 7. The minimum Gasteiger partial charge on any atom is -0.497 e. The minimum absolute atomic E-state index is 0.142. The van der Waals surface area contributed by atoms with Crippen molar-refractivity contribution in [1.29, 1.82) is 0 Å². The van der Waals surface area contributed by atoms with Gasteiger partial charge in [0.05, 0.1) is 19.9 Å². The fourth-order valence-electron chi connectivity index (χ4n) is 1.97. The average Bonchev–Trinajstić information content (AvgIpc) is 2.61. The van der Waals surface area contributed by atoms with E-state index in [1.54, 1.807) is 13.3 Å². The van der Waals surface area contributed by atoms with Crippen molar-refractivity contribution in [3.8, 4) is 5.75 Å². The second-order valence-corrected chi connectivity index (χ2v) is 5.36. The van der Waals surface area contributed by atoms with E-state index in [1.165, 1.54) is 0 Å². The highest BCUT2D eigenvalue weighted by Gasteiger charge is 2.00. The topological polar surface area (TPSA) is 66.0 Å². The number of amides is 1. The predicted molar refractivity (Wildman–Crippen MR) is 98.0 cm³/mol. The first-order chi connectivity index (χ1) is 11.6. The second kappa shape index (κ2) is 8.57. The first kappa shape index (κ1) is 17.3. The van der Waals surface area contributed by atoms with Crippen LogP contribution in [0.2, 0.25) is 0 Å². The number of ether oxygens (including phenoxy) is 1. The number of benzene rings is 2. The molecule has 0 aliphatic heterocycles. The van der Waals surface area contributed by atoms with Crippen LogP contribution < -0.4 is 20.4 Å². The lowest BCUT2D eigenvalue weighted by atomic mass is 10.2. The Bertz CT molecular complexity index is 679. The van der Waals surface area contributed by atoms with Gasteiger partial charge in [0.2, 0.25) is 0 Å². The summed E-state index contributed by atoms with van der Waals surface area (Å²) in [7, 11) is 5.58. The first-order valence-electron chi connectivity index (χ1n) is 7.55. The summed E-state index contributed by atoms with van der Waals surface area (Å²) >= 11 is 0. The Morgan fingerprint density at radius 3 is 2.38 bits per heavy atom. The van der Waals surface area contributed by atoms with Gasteiger partial charge in [-0.25, -0.2) is 5.43 Å². The van der Waals surface area contributed by atoms with Crippen LogP contribution in [0, 0.1) is 0 Å². The Hall–Kier alpha value is -3.02. The van der Waals surface area contributed by atoms with Crippen LogP contribution in [0.25, 0.3) is 0 Å².